The van der Waals surface area contributed by atoms with Gasteiger partial charge in [0.05, 0.1) is 20.3 Å². The van der Waals surface area contributed by atoms with Crippen LogP contribution in [0.4, 0.5) is 5.69 Å². The molecular formula is C18H12IN3O5. The Morgan fingerprint density at radius 2 is 1.81 bits per heavy atom. The molecule has 3 aromatic carbocycles. The van der Waals surface area contributed by atoms with Crippen molar-refractivity contribution < 1.29 is 19.9 Å². The molecule has 136 valence electrons. The lowest BCUT2D eigenvalue weighted by Crippen LogP contribution is -2.17. The summed E-state index contributed by atoms with van der Waals surface area (Å²) in [6.07, 6.45) is 1.10. The summed E-state index contributed by atoms with van der Waals surface area (Å²) >= 11 is 1.76. The minimum absolute atomic E-state index is 0.0312. The van der Waals surface area contributed by atoms with Gasteiger partial charge in [-0.1, -0.05) is 24.3 Å². The number of carbonyl (C=O) groups is 1. The summed E-state index contributed by atoms with van der Waals surface area (Å²) < 4.78 is 0.279. The Labute approximate surface area is 166 Å². The Bertz CT molecular complexity index is 1100. The second-order valence-corrected chi connectivity index (χ2v) is 6.70. The third-order valence-electron chi connectivity index (χ3n) is 3.77. The first-order chi connectivity index (χ1) is 12.9. The molecule has 0 aromatic heterocycles. The van der Waals surface area contributed by atoms with Crippen LogP contribution in [0.3, 0.4) is 0 Å². The minimum atomic E-state index is -0.658. The molecule has 0 spiro atoms. The number of halogens is 1. The van der Waals surface area contributed by atoms with Crippen LogP contribution >= 0.6 is 22.6 Å². The topological polar surface area (TPSA) is 125 Å². The van der Waals surface area contributed by atoms with E-state index in [0.717, 1.165) is 23.1 Å². The summed E-state index contributed by atoms with van der Waals surface area (Å²) in [6, 6.07) is 12.6. The standard InChI is InChI=1S/C18H12IN3O5/c19-15-8-13(22(26)27)5-12(17(15)24)9-20-21-18(25)14-6-10-3-1-2-4-11(10)7-16(14)23/h1-9,23-24H,(H,21,25)/b20-9+. The van der Waals surface area contributed by atoms with E-state index in [1.54, 1.807) is 28.7 Å². The van der Waals surface area contributed by atoms with Crippen molar-refractivity contribution in [2.75, 3.05) is 0 Å². The maximum Gasteiger partial charge on any atom is 0.275 e. The molecule has 0 aliphatic carbocycles. The molecule has 0 bridgehead atoms. The van der Waals surface area contributed by atoms with Crippen LogP contribution in [0.2, 0.25) is 0 Å². The van der Waals surface area contributed by atoms with Crippen LogP contribution in [-0.2, 0) is 0 Å². The van der Waals surface area contributed by atoms with Gasteiger partial charge in [0.2, 0.25) is 0 Å². The van der Waals surface area contributed by atoms with Crippen molar-refractivity contribution in [1.29, 1.82) is 0 Å². The predicted octanol–water partition coefficient (Wildman–Crippen LogP) is 3.53. The number of hydrogen-bond donors (Lipinski definition) is 3. The van der Waals surface area contributed by atoms with Gasteiger partial charge in [-0.3, -0.25) is 14.9 Å². The van der Waals surface area contributed by atoms with Gasteiger partial charge in [-0.25, -0.2) is 5.43 Å². The smallest absolute Gasteiger partial charge is 0.275 e. The zero-order chi connectivity index (χ0) is 19.6. The number of phenols is 2. The number of hydrazone groups is 1. The number of nitro groups is 1. The van der Waals surface area contributed by atoms with Crippen LogP contribution in [0.25, 0.3) is 10.8 Å². The first-order valence-electron chi connectivity index (χ1n) is 7.59. The predicted molar refractivity (Wildman–Crippen MR) is 108 cm³/mol. The van der Waals surface area contributed by atoms with Crippen molar-refractivity contribution in [2.24, 2.45) is 5.10 Å². The number of aromatic hydroxyl groups is 2. The molecule has 3 aromatic rings. The Morgan fingerprint density at radius 1 is 1.15 bits per heavy atom. The Hall–Kier alpha value is -3.21. The van der Waals surface area contributed by atoms with E-state index in [4.69, 9.17) is 0 Å². The molecular weight excluding hydrogens is 465 g/mol. The van der Waals surface area contributed by atoms with E-state index in [0.29, 0.717) is 0 Å². The molecule has 9 heteroatoms. The summed E-state index contributed by atoms with van der Waals surface area (Å²) in [5.41, 5.74) is 2.14. The van der Waals surface area contributed by atoms with Gasteiger partial charge in [0, 0.05) is 17.7 Å². The highest BCUT2D eigenvalue weighted by molar-refractivity contribution is 14.1. The van der Waals surface area contributed by atoms with Gasteiger partial charge in [0.1, 0.15) is 11.5 Å². The molecule has 27 heavy (non-hydrogen) atoms. The zero-order valence-corrected chi connectivity index (χ0v) is 15.7. The van der Waals surface area contributed by atoms with E-state index in [1.165, 1.54) is 18.2 Å². The highest BCUT2D eigenvalue weighted by atomic mass is 127. The van der Waals surface area contributed by atoms with Crippen molar-refractivity contribution in [2.45, 2.75) is 0 Å². The summed E-state index contributed by atoms with van der Waals surface area (Å²) in [5.74, 6) is -1.05. The number of fused-ring (bicyclic) bond motifs is 1. The molecule has 0 atom stereocenters. The van der Waals surface area contributed by atoms with Crippen LogP contribution in [0, 0.1) is 13.7 Å². The van der Waals surface area contributed by atoms with Crippen molar-refractivity contribution in [3.63, 3.8) is 0 Å². The fraction of sp³-hybridized carbons (Fsp3) is 0. The van der Waals surface area contributed by atoms with Crippen LogP contribution in [-0.4, -0.2) is 27.3 Å². The van der Waals surface area contributed by atoms with Gasteiger partial charge >= 0.3 is 0 Å². The molecule has 8 nitrogen and oxygen atoms in total. The summed E-state index contributed by atoms with van der Waals surface area (Å²) in [4.78, 5) is 22.6. The quantitative estimate of drug-likeness (QED) is 0.230. The number of benzene rings is 3. The number of nitro benzene ring substituents is 1. The molecule has 3 N–H and O–H groups in total. The fourth-order valence-corrected chi connectivity index (χ4v) is 3.07. The number of rotatable bonds is 4. The molecule has 0 saturated carbocycles. The molecule has 0 fully saturated rings. The van der Waals surface area contributed by atoms with Gasteiger partial charge in [-0.15, -0.1) is 0 Å². The average Bonchev–Trinajstić information content (AvgIpc) is 2.64. The molecule has 0 radical (unpaired) electrons. The van der Waals surface area contributed by atoms with E-state index >= 15 is 0 Å². The molecule has 0 aliphatic heterocycles. The summed E-state index contributed by atoms with van der Waals surface area (Å²) in [7, 11) is 0. The van der Waals surface area contributed by atoms with Crippen molar-refractivity contribution >= 4 is 51.2 Å². The minimum Gasteiger partial charge on any atom is -0.507 e. The van der Waals surface area contributed by atoms with E-state index < -0.39 is 10.8 Å². The first kappa shape index (κ1) is 18.6. The first-order valence-corrected chi connectivity index (χ1v) is 8.67. The molecule has 0 saturated heterocycles. The maximum absolute atomic E-state index is 12.3. The highest BCUT2D eigenvalue weighted by Gasteiger charge is 2.14. The largest absolute Gasteiger partial charge is 0.507 e. The lowest BCUT2D eigenvalue weighted by Gasteiger charge is -2.06. The summed E-state index contributed by atoms with van der Waals surface area (Å²) in [6.45, 7) is 0. The second kappa shape index (κ2) is 7.58. The van der Waals surface area contributed by atoms with Crippen molar-refractivity contribution in [1.82, 2.24) is 5.43 Å². The van der Waals surface area contributed by atoms with Gasteiger partial charge in [-0.05, 0) is 45.5 Å². The number of amides is 1. The van der Waals surface area contributed by atoms with Crippen LogP contribution < -0.4 is 5.43 Å². The number of nitrogens with zero attached hydrogens (tertiary/aromatic N) is 2. The van der Waals surface area contributed by atoms with E-state index in [9.17, 15) is 25.1 Å². The monoisotopic (exact) mass is 477 g/mol. The maximum atomic E-state index is 12.3. The van der Waals surface area contributed by atoms with Gasteiger partial charge in [0.15, 0.2) is 0 Å². The van der Waals surface area contributed by atoms with Crippen molar-refractivity contribution in [3.05, 3.63) is 73.3 Å². The van der Waals surface area contributed by atoms with Crippen LogP contribution in [0.15, 0.2) is 53.6 Å². The normalized spacial score (nSPS) is 11.0. The number of hydrogen-bond acceptors (Lipinski definition) is 6. The van der Waals surface area contributed by atoms with Gasteiger partial charge < -0.3 is 10.2 Å². The van der Waals surface area contributed by atoms with Gasteiger partial charge in [-0.2, -0.15) is 5.10 Å². The number of phenolic OH excluding ortho intramolecular Hbond substituents is 2. The van der Waals surface area contributed by atoms with Crippen LogP contribution in [0.1, 0.15) is 15.9 Å². The number of nitrogens with one attached hydrogen (secondary N) is 1. The van der Waals surface area contributed by atoms with E-state index in [2.05, 4.69) is 10.5 Å². The molecule has 0 heterocycles. The summed E-state index contributed by atoms with van der Waals surface area (Å²) in [5, 5.41) is 36.2. The average molecular weight is 477 g/mol. The molecule has 0 unspecified atom stereocenters. The molecule has 1 amide bonds. The fourth-order valence-electron chi connectivity index (χ4n) is 2.44. The molecule has 3 rings (SSSR count). The highest BCUT2D eigenvalue weighted by Crippen LogP contribution is 2.28. The number of non-ortho nitro benzene ring substituents is 1. The zero-order valence-electron chi connectivity index (χ0n) is 13.6. The second-order valence-electron chi connectivity index (χ2n) is 5.54. The van der Waals surface area contributed by atoms with Crippen molar-refractivity contribution in [3.8, 4) is 11.5 Å². The lowest BCUT2D eigenvalue weighted by atomic mass is 10.1. The third-order valence-corrected chi connectivity index (χ3v) is 4.59. The van der Waals surface area contributed by atoms with Crippen LogP contribution in [0.5, 0.6) is 11.5 Å². The Balaban J connectivity index is 1.84. The Morgan fingerprint density at radius 3 is 2.48 bits per heavy atom. The third kappa shape index (κ3) is 3.97. The van der Waals surface area contributed by atoms with E-state index in [1.807, 2.05) is 18.2 Å². The van der Waals surface area contributed by atoms with Gasteiger partial charge in [0.25, 0.3) is 11.6 Å². The van der Waals surface area contributed by atoms with E-state index in [-0.39, 0.29) is 31.9 Å². The number of carbonyl (C=O) groups excluding carboxylic acids is 1. The molecule has 0 aliphatic rings. The SMILES string of the molecule is O=C(N/N=C/c1cc([N+](=O)[O-])cc(I)c1O)c1cc2ccccc2cc1O. The lowest BCUT2D eigenvalue weighted by molar-refractivity contribution is -0.385. The Kier molecular flexibility index (Phi) is 5.21.